The summed E-state index contributed by atoms with van der Waals surface area (Å²) in [5, 5.41) is 3.21. The fourth-order valence-electron chi connectivity index (χ4n) is 3.44. The van der Waals surface area contributed by atoms with Gasteiger partial charge in [-0.2, -0.15) is 0 Å². The molecule has 1 N–H and O–H groups in total. The number of hydrogen-bond donors (Lipinski definition) is 1. The first-order valence-electron chi connectivity index (χ1n) is 10.4. The highest BCUT2D eigenvalue weighted by Gasteiger charge is 2.23. The Morgan fingerprint density at radius 2 is 1.75 bits per heavy atom. The number of rotatable bonds is 7. The topological polar surface area (TPSA) is 92.7 Å². The largest absolute Gasteiger partial charge is 0.497 e. The van der Waals surface area contributed by atoms with Crippen molar-refractivity contribution in [2.75, 3.05) is 50.1 Å². The van der Waals surface area contributed by atoms with Crippen LogP contribution >= 0.6 is 0 Å². The molecule has 4 rings (SSSR count). The average Bonchev–Trinajstić information content (AvgIpc) is 2.83. The van der Waals surface area contributed by atoms with E-state index in [2.05, 4.69) is 25.2 Å². The summed E-state index contributed by atoms with van der Waals surface area (Å²) in [7, 11) is 1.61. The average molecular weight is 435 g/mol. The highest BCUT2D eigenvalue weighted by Crippen LogP contribution is 2.21. The monoisotopic (exact) mass is 434 g/mol. The van der Waals surface area contributed by atoms with Crippen molar-refractivity contribution in [1.82, 2.24) is 19.9 Å². The highest BCUT2D eigenvalue weighted by molar-refractivity contribution is 5.78. The molecule has 3 heterocycles. The van der Waals surface area contributed by atoms with Gasteiger partial charge in [-0.05, 0) is 43.3 Å². The lowest BCUT2D eigenvalue weighted by Gasteiger charge is -2.35. The number of aryl methyl sites for hydroxylation is 1. The quantitative estimate of drug-likeness (QED) is 0.607. The molecule has 1 aliphatic rings. The van der Waals surface area contributed by atoms with Gasteiger partial charge in [0.1, 0.15) is 34.8 Å². The Labute approximate surface area is 187 Å². The summed E-state index contributed by atoms with van der Waals surface area (Å²) in [5.74, 6) is 4.28. The summed E-state index contributed by atoms with van der Waals surface area (Å²) in [4.78, 5) is 29.8. The number of carbonyl (C=O) groups is 1. The number of anilines is 3. The first-order valence-corrected chi connectivity index (χ1v) is 10.4. The summed E-state index contributed by atoms with van der Waals surface area (Å²) in [6, 6.07) is 14.8. The molecule has 9 nitrogen and oxygen atoms in total. The Bertz CT molecular complexity index is 1040. The van der Waals surface area contributed by atoms with Gasteiger partial charge in [0.05, 0.1) is 7.11 Å². The fraction of sp³-hybridized carbons (Fsp3) is 0.304. The predicted octanol–water partition coefficient (Wildman–Crippen LogP) is 2.66. The van der Waals surface area contributed by atoms with Crippen molar-refractivity contribution in [2.24, 2.45) is 0 Å². The molecule has 9 heteroatoms. The zero-order valence-corrected chi connectivity index (χ0v) is 18.2. The number of aromatic nitrogens is 3. The van der Waals surface area contributed by atoms with Crippen molar-refractivity contribution in [3.05, 3.63) is 60.6 Å². The molecule has 0 atom stereocenters. The molecule has 1 fully saturated rings. The number of ether oxygens (including phenoxy) is 2. The molecule has 1 amide bonds. The zero-order chi connectivity index (χ0) is 22.3. The summed E-state index contributed by atoms with van der Waals surface area (Å²) >= 11 is 0. The third-order valence-electron chi connectivity index (χ3n) is 5.12. The predicted molar refractivity (Wildman–Crippen MR) is 122 cm³/mol. The number of pyridine rings is 1. The molecule has 32 heavy (non-hydrogen) atoms. The third-order valence-corrected chi connectivity index (χ3v) is 5.12. The van der Waals surface area contributed by atoms with Crippen LogP contribution in [0.5, 0.6) is 11.5 Å². The van der Waals surface area contributed by atoms with Gasteiger partial charge in [-0.15, -0.1) is 0 Å². The van der Waals surface area contributed by atoms with Crippen LogP contribution in [0.15, 0.2) is 54.7 Å². The van der Waals surface area contributed by atoms with E-state index in [4.69, 9.17) is 9.47 Å². The molecule has 166 valence electrons. The molecular weight excluding hydrogens is 408 g/mol. The van der Waals surface area contributed by atoms with Crippen molar-refractivity contribution < 1.29 is 14.3 Å². The maximum absolute atomic E-state index is 12.6. The van der Waals surface area contributed by atoms with E-state index in [-0.39, 0.29) is 12.5 Å². The van der Waals surface area contributed by atoms with Crippen molar-refractivity contribution >= 4 is 23.4 Å². The molecule has 0 spiro atoms. The molecule has 0 radical (unpaired) electrons. The number of nitrogens with one attached hydrogen (secondary N) is 1. The number of carbonyl (C=O) groups excluding carboxylic acids is 1. The first kappa shape index (κ1) is 21.4. The number of hydrogen-bond acceptors (Lipinski definition) is 8. The minimum atomic E-state index is -0.0307. The Hall–Kier alpha value is -3.88. The van der Waals surface area contributed by atoms with Crippen molar-refractivity contribution in [3.63, 3.8) is 0 Å². The minimum absolute atomic E-state index is 0.0110. The van der Waals surface area contributed by atoms with Crippen molar-refractivity contribution in [2.45, 2.75) is 6.92 Å². The number of benzene rings is 1. The number of piperazine rings is 1. The van der Waals surface area contributed by atoms with Crippen LogP contribution in [-0.4, -0.2) is 65.7 Å². The Morgan fingerprint density at radius 3 is 2.44 bits per heavy atom. The smallest absolute Gasteiger partial charge is 0.260 e. The second-order valence-corrected chi connectivity index (χ2v) is 7.33. The van der Waals surface area contributed by atoms with Gasteiger partial charge < -0.3 is 24.6 Å². The molecule has 1 aliphatic heterocycles. The van der Waals surface area contributed by atoms with E-state index in [9.17, 15) is 4.79 Å². The third kappa shape index (κ3) is 5.42. The molecule has 2 aromatic heterocycles. The second-order valence-electron chi connectivity index (χ2n) is 7.33. The molecular formula is C23H26N6O3. The zero-order valence-electron chi connectivity index (χ0n) is 18.2. The minimum Gasteiger partial charge on any atom is -0.497 e. The highest BCUT2D eigenvalue weighted by atomic mass is 16.5. The standard InChI is InChI=1S/C23H26N6O3/c1-17-25-21(27-20-5-3-4-10-24-20)15-22(26-17)28-11-13-29(14-12-28)23(30)16-32-19-8-6-18(31-2)7-9-19/h3-10,15H,11-14,16H2,1-2H3,(H,24,25,26,27). The molecule has 0 aliphatic carbocycles. The van der Waals surface area contributed by atoms with E-state index < -0.39 is 0 Å². The van der Waals surface area contributed by atoms with Crippen LogP contribution < -0.4 is 19.7 Å². The molecule has 1 saturated heterocycles. The van der Waals surface area contributed by atoms with Gasteiger partial charge in [-0.25, -0.2) is 15.0 Å². The lowest BCUT2D eigenvalue weighted by Crippen LogP contribution is -2.50. The fourth-order valence-corrected chi connectivity index (χ4v) is 3.44. The van der Waals surface area contributed by atoms with Gasteiger partial charge in [-0.1, -0.05) is 6.07 Å². The summed E-state index contributed by atoms with van der Waals surface area (Å²) in [5.41, 5.74) is 0. The van der Waals surface area contributed by atoms with Crippen LogP contribution in [0.3, 0.4) is 0 Å². The van der Waals surface area contributed by atoms with E-state index in [1.807, 2.05) is 36.1 Å². The maximum atomic E-state index is 12.6. The van der Waals surface area contributed by atoms with Crippen LogP contribution in [-0.2, 0) is 4.79 Å². The lowest BCUT2D eigenvalue weighted by atomic mass is 10.3. The van der Waals surface area contributed by atoms with Gasteiger partial charge in [-0.3, -0.25) is 4.79 Å². The molecule has 0 bridgehead atoms. The van der Waals surface area contributed by atoms with E-state index in [0.717, 1.165) is 17.4 Å². The number of amides is 1. The molecule has 0 unspecified atom stereocenters. The molecule has 3 aromatic rings. The van der Waals surface area contributed by atoms with E-state index in [0.29, 0.717) is 43.6 Å². The summed E-state index contributed by atoms with van der Waals surface area (Å²) < 4.78 is 10.8. The lowest BCUT2D eigenvalue weighted by molar-refractivity contribution is -0.133. The van der Waals surface area contributed by atoms with Crippen molar-refractivity contribution in [3.8, 4) is 11.5 Å². The van der Waals surface area contributed by atoms with Crippen LogP contribution in [0, 0.1) is 6.92 Å². The van der Waals surface area contributed by atoms with E-state index >= 15 is 0 Å². The van der Waals surface area contributed by atoms with Gasteiger partial charge in [0.15, 0.2) is 6.61 Å². The second kappa shape index (κ2) is 9.95. The molecule has 1 aromatic carbocycles. The maximum Gasteiger partial charge on any atom is 0.260 e. The van der Waals surface area contributed by atoms with Crippen LogP contribution in [0.1, 0.15) is 5.82 Å². The van der Waals surface area contributed by atoms with Gasteiger partial charge in [0.25, 0.3) is 5.91 Å². The van der Waals surface area contributed by atoms with Gasteiger partial charge >= 0.3 is 0 Å². The Morgan fingerprint density at radius 1 is 1.00 bits per heavy atom. The number of methoxy groups -OCH3 is 1. The van der Waals surface area contributed by atoms with E-state index in [1.54, 1.807) is 37.6 Å². The van der Waals surface area contributed by atoms with Gasteiger partial charge in [0, 0.05) is 38.4 Å². The first-order chi connectivity index (χ1) is 15.6. The summed E-state index contributed by atoms with van der Waals surface area (Å²) in [6.45, 7) is 4.47. The van der Waals surface area contributed by atoms with Gasteiger partial charge in [0.2, 0.25) is 0 Å². The van der Waals surface area contributed by atoms with Crippen LogP contribution in [0.2, 0.25) is 0 Å². The van der Waals surface area contributed by atoms with E-state index in [1.165, 1.54) is 0 Å². The normalized spacial score (nSPS) is 13.6. The number of nitrogens with zero attached hydrogens (tertiary/aromatic N) is 5. The molecule has 0 saturated carbocycles. The Balaban J connectivity index is 1.31. The summed E-state index contributed by atoms with van der Waals surface area (Å²) in [6.07, 6.45) is 1.73. The Kier molecular flexibility index (Phi) is 6.64. The van der Waals surface area contributed by atoms with Crippen molar-refractivity contribution in [1.29, 1.82) is 0 Å². The SMILES string of the molecule is COc1ccc(OCC(=O)N2CCN(c3cc(Nc4ccccn4)nc(C)n3)CC2)cc1. The van der Waals surface area contributed by atoms with Crippen LogP contribution in [0.4, 0.5) is 17.5 Å². The van der Waals surface area contributed by atoms with Crippen LogP contribution in [0.25, 0.3) is 0 Å².